The lowest BCUT2D eigenvalue weighted by Crippen LogP contribution is -2.31. The minimum atomic E-state index is -0.381. The normalized spacial score (nSPS) is 22.4. The topological polar surface area (TPSA) is 33.2 Å². The van der Waals surface area contributed by atoms with Gasteiger partial charge in [-0.2, -0.15) is 0 Å². The third-order valence-corrected chi connectivity index (χ3v) is 3.63. The van der Waals surface area contributed by atoms with Gasteiger partial charge in [0.1, 0.15) is 5.50 Å². The van der Waals surface area contributed by atoms with Crippen LogP contribution in [0.5, 0.6) is 0 Å². The molecule has 1 unspecified atom stereocenters. The second kappa shape index (κ2) is 3.37. The summed E-state index contributed by atoms with van der Waals surface area (Å²) in [5.41, 5.74) is 1.25. The number of hydrogen-bond acceptors (Lipinski definition) is 3. The van der Waals surface area contributed by atoms with Crippen molar-refractivity contribution in [1.82, 2.24) is 4.98 Å². The molecule has 1 amide bonds. The Balaban J connectivity index is 2.39. The van der Waals surface area contributed by atoms with E-state index in [0.29, 0.717) is 5.13 Å². The number of carbonyl (C=O) groups excluding carboxylic acids is 1. The van der Waals surface area contributed by atoms with Crippen LogP contribution >= 0.6 is 22.9 Å². The van der Waals surface area contributed by atoms with E-state index in [9.17, 15) is 4.79 Å². The number of thiazole rings is 1. The second-order valence-electron chi connectivity index (χ2n) is 3.13. The molecular formula is C9H9ClN2OS. The van der Waals surface area contributed by atoms with Crippen LogP contribution in [-0.2, 0) is 4.79 Å². The Morgan fingerprint density at radius 2 is 2.29 bits per heavy atom. The van der Waals surface area contributed by atoms with E-state index in [2.05, 4.69) is 4.98 Å². The Labute approximate surface area is 91.0 Å². The Hall–Kier alpha value is -0.870. The van der Waals surface area contributed by atoms with Crippen LogP contribution in [-0.4, -0.2) is 16.4 Å². The summed E-state index contributed by atoms with van der Waals surface area (Å²) in [7, 11) is 0. The van der Waals surface area contributed by atoms with Crippen molar-refractivity contribution in [3.63, 3.8) is 0 Å². The average molecular weight is 229 g/mol. The molecule has 1 aromatic rings. The lowest BCUT2D eigenvalue weighted by Gasteiger charge is -2.17. The summed E-state index contributed by atoms with van der Waals surface area (Å²) < 4.78 is 0. The number of anilines is 1. The molecule has 0 aliphatic carbocycles. The van der Waals surface area contributed by atoms with Gasteiger partial charge in [-0.05, 0) is 19.4 Å². The maximum atomic E-state index is 11.8. The van der Waals surface area contributed by atoms with Crippen molar-refractivity contribution in [1.29, 1.82) is 0 Å². The highest BCUT2D eigenvalue weighted by atomic mass is 35.5. The molecule has 0 saturated heterocycles. The lowest BCUT2D eigenvalue weighted by atomic mass is 10.2. The van der Waals surface area contributed by atoms with Crippen LogP contribution in [0.4, 0.5) is 5.13 Å². The van der Waals surface area contributed by atoms with Crippen molar-refractivity contribution in [2.75, 3.05) is 4.90 Å². The van der Waals surface area contributed by atoms with Gasteiger partial charge in [-0.15, -0.1) is 11.3 Å². The summed E-state index contributed by atoms with van der Waals surface area (Å²) in [5, 5.41) is 2.49. The Bertz CT molecular complexity index is 399. The van der Waals surface area contributed by atoms with Crippen LogP contribution in [0.2, 0.25) is 0 Å². The highest BCUT2D eigenvalue weighted by Gasteiger charge is 2.35. The van der Waals surface area contributed by atoms with E-state index in [0.717, 1.165) is 11.1 Å². The van der Waals surface area contributed by atoms with Gasteiger partial charge in [-0.1, -0.05) is 11.6 Å². The summed E-state index contributed by atoms with van der Waals surface area (Å²) in [6.07, 6.45) is 1.67. The molecule has 1 aliphatic heterocycles. The summed E-state index contributed by atoms with van der Waals surface area (Å²) in [6, 6.07) is 0. The molecule has 5 heteroatoms. The molecule has 1 atom stereocenters. The minimum absolute atomic E-state index is 0.0440. The zero-order chi connectivity index (χ0) is 10.3. The first-order valence-electron chi connectivity index (χ1n) is 4.17. The summed E-state index contributed by atoms with van der Waals surface area (Å²) >= 11 is 7.54. The van der Waals surface area contributed by atoms with Gasteiger partial charge in [-0.3, -0.25) is 9.69 Å². The monoisotopic (exact) mass is 228 g/mol. The van der Waals surface area contributed by atoms with Crippen LogP contribution in [0, 0.1) is 0 Å². The molecule has 0 spiro atoms. The molecule has 3 nitrogen and oxygen atoms in total. The summed E-state index contributed by atoms with van der Waals surface area (Å²) in [5.74, 6) is -0.0440. The van der Waals surface area contributed by atoms with E-state index in [-0.39, 0.29) is 11.4 Å². The zero-order valence-corrected chi connectivity index (χ0v) is 9.39. The highest BCUT2D eigenvalue weighted by molar-refractivity contribution is 7.13. The molecule has 1 aliphatic rings. The first kappa shape index (κ1) is 9.68. The van der Waals surface area contributed by atoms with Gasteiger partial charge in [0.2, 0.25) is 0 Å². The van der Waals surface area contributed by atoms with Gasteiger partial charge in [0.25, 0.3) is 5.91 Å². The first-order chi connectivity index (χ1) is 6.63. The van der Waals surface area contributed by atoms with Crippen LogP contribution in [0.15, 0.2) is 22.7 Å². The lowest BCUT2D eigenvalue weighted by molar-refractivity contribution is -0.114. The van der Waals surface area contributed by atoms with Gasteiger partial charge in [-0.25, -0.2) is 4.98 Å². The molecule has 2 rings (SSSR count). The molecular weight excluding hydrogens is 220 g/mol. The number of hydrogen-bond donors (Lipinski definition) is 0. The van der Waals surface area contributed by atoms with Crippen molar-refractivity contribution in [3.8, 4) is 0 Å². The van der Waals surface area contributed by atoms with E-state index < -0.39 is 0 Å². The largest absolute Gasteiger partial charge is 0.269 e. The standard InChI is InChI=1S/C9H9ClN2OS/c1-5-6(2)8(13)12(7(5)10)9-11-3-4-14-9/h3-4,7H,1-2H3. The van der Waals surface area contributed by atoms with E-state index in [4.69, 9.17) is 11.6 Å². The van der Waals surface area contributed by atoms with E-state index in [1.165, 1.54) is 16.2 Å². The van der Waals surface area contributed by atoms with Gasteiger partial charge in [0, 0.05) is 17.2 Å². The molecule has 74 valence electrons. The molecule has 0 fully saturated rings. The first-order valence-corrected chi connectivity index (χ1v) is 5.49. The van der Waals surface area contributed by atoms with E-state index in [1.54, 1.807) is 13.1 Å². The number of rotatable bonds is 1. The zero-order valence-electron chi connectivity index (χ0n) is 7.82. The second-order valence-corrected chi connectivity index (χ2v) is 4.42. The highest BCUT2D eigenvalue weighted by Crippen LogP contribution is 2.33. The fourth-order valence-electron chi connectivity index (χ4n) is 1.34. The van der Waals surface area contributed by atoms with Gasteiger partial charge >= 0.3 is 0 Å². The number of carbonyl (C=O) groups is 1. The SMILES string of the molecule is CC1=C(C)C(Cl)N(c2nccs2)C1=O. The maximum Gasteiger partial charge on any atom is 0.257 e. The number of aromatic nitrogens is 1. The Morgan fingerprint density at radius 3 is 2.71 bits per heavy atom. The predicted octanol–water partition coefficient (Wildman–Crippen LogP) is 2.39. The van der Waals surface area contributed by atoms with Crippen LogP contribution in [0.1, 0.15) is 13.8 Å². The average Bonchev–Trinajstić information content (AvgIpc) is 2.73. The van der Waals surface area contributed by atoms with Gasteiger partial charge in [0.05, 0.1) is 0 Å². The molecule has 0 N–H and O–H groups in total. The van der Waals surface area contributed by atoms with Crippen molar-refractivity contribution >= 4 is 34.0 Å². The molecule has 14 heavy (non-hydrogen) atoms. The molecule has 0 bridgehead atoms. The minimum Gasteiger partial charge on any atom is -0.269 e. The summed E-state index contributed by atoms with van der Waals surface area (Å²) in [6.45, 7) is 3.67. The fourth-order valence-corrected chi connectivity index (χ4v) is 2.41. The molecule has 2 heterocycles. The van der Waals surface area contributed by atoms with Crippen molar-refractivity contribution in [2.45, 2.75) is 19.3 Å². The van der Waals surface area contributed by atoms with Crippen LogP contribution in [0.3, 0.4) is 0 Å². The van der Waals surface area contributed by atoms with Crippen LogP contribution < -0.4 is 4.90 Å². The number of alkyl halides is 1. The smallest absolute Gasteiger partial charge is 0.257 e. The third kappa shape index (κ3) is 1.26. The molecule has 0 aromatic carbocycles. The number of amides is 1. The summed E-state index contributed by atoms with van der Waals surface area (Å²) in [4.78, 5) is 17.4. The fraction of sp³-hybridized carbons (Fsp3) is 0.333. The van der Waals surface area contributed by atoms with Gasteiger partial charge in [0.15, 0.2) is 5.13 Å². The Morgan fingerprint density at radius 1 is 1.57 bits per heavy atom. The molecule has 0 saturated carbocycles. The van der Waals surface area contributed by atoms with Crippen molar-refractivity contribution < 1.29 is 4.79 Å². The quantitative estimate of drug-likeness (QED) is 0.546. The van der Waals surface area contributed by atoms with E-state index in [1.807, 2.05) is 12.3 Å². The number of halogens is 1. The van der Waals surface area contributed by atoms with Crippen molar-refractivity contribution in [2.24, 2.45) is 0 Å². The number of nitrogens with zero attached hydrogens (tertiary/aromatic N) is 2. The van der Waals surface area contributed by atoms with E-state index >= 15 is 0 Å². The van der Waals surface area contributed by atoms with Crippen molar-refractivity contribution in [3.05, 3.63) is 22.7 Å². The molecule has 0 radical (unpaired) electrons. The maximum absolute atomic E-state index is 11.8. The third-order valence-electron chi connectivity index (χ3n) is 2.34. The molecule has 1 aromatic heterocycles. The predicted molar refractivity (Wildman–Crippen MR) is 57.6 cm³/mol. The van der Waals surface area contributed by atoms with Crippen LogP contribution in [0.25, 0.3) is 0 Å². The Kier molecular flexibility index (Phi) is 2.33. The van der Waals surface area contributed by atoms with Gasteiger partial charge < -0.3 is 0 Å².